The van der Waals surface area contributed by atoms with E-state index in [1.54, 1.807) is 7.11 Å². The van der Waals surface area contributed by atoms with Crippen LogP contribution in [0.2, 0.25) is 10.0 Å². The molecule has 1 aliphatic heterocycles. The summed E-state index contributed by atoms with van der Waals surface area (Å²) < 4.78 is 5.62. The zero-order valence-corrected chi connectivity index (χ0v) is 15.3. The normalized spacial score (nSPS) is 17.3. The summed E-state index contributed by atoms with van der Waals surface area (Å²) in [7, 11) is 1.71. The number of nitrogens with zero attached hydrogens (tertiary/aromatic N) is 1. The zero-order valence-electron chi connectivity index (χ0n) is 13.8. The Hall–Kier alpha value is -1.26. The molecule has 0 saturated carbocycles. The third-order valence-corrected chi connectivity index (χ3v) is 5.28. The highest BCUT2D eigenvalue weighted by Crippen LogP contribution is 2.40. The summed E-state index contributed by atoms with van der Waals surface area (Å²) in [6, 6.07) is 14.0. The third-order valence-electron chi connectivity index (χ3n) is 4.45. The Balaban J connectivity index is 2.11. The molecule has 1 heterocycles. The van der Waals surface area contributed by atoms with Crippen LogP contribution in [0.1, 0.15) is 23.6 Å². The first-order valence-electron chi connectivity index (χ1n) is 8.24. The second-order valence-corrected chi connectivity index (χ2v) is 6.71. The fourth-order valence-electron chi connectivity index (χ4n) is 3.31. The van der Waals surface area contributed by atoms with Crippen molar-refractivity contribution in [3.8, 4) is 5.75 Å². The van der Waals surface area contributed by atoms with Gasteiger partial charge in [0.2, 0.25) is 0 Å². The summed E-state index contributed by atoms with van der Waals surface area (Å²) in [6.45, 7) is 3.95. The van der Waals surface area contributed by atoms with Gasteiger partial charge in [-0.2, -0.15) is 0 Å². The second kappa shape index (κ2) is 8.21. The molecule has 1 aliphatic rings. The van der Waals surface area contributed by atoms with Crippen molar-refractivity contribution in [3.05, 3.63) is 63.6 Å². The van der Waals surface area contributed by atoms with Gasteiger partial charge in [-0.1, -0.05) is 53.5 Å². The van der Waals surface area contributed by atoms with E-state index in [-0.39, 0.29) is 6.04 Å². The van der Waals surface area contributed by atoms with Gasteiger partial charge in [0.1, 0.15) is 5.75 Å². The van der Waals surface area contributed by atoms with Crippen molar-refractivity contribution in [2.45, 2.75) is 12.5 Å². The number of para-hydroxylation sites is 1. The summed E-state index contributed by atoms with van der Waals surface area (Å²) in [6.07, 6.45) is 1.10. The van der Waals surface area contributed by atoms with E-state index in [4.69, 9.17) is 27.9 Å². The van der Waals surface area contributed by atoms with Crippen LogP contribution >= 0.6 is 23.2 Å². The highest BCUT2D eigenvalue weighted by molar-refractivity contribution is 6.42. The molecule has 24 heavy (non-hydrogen) atoms. The average molecular weight is 365 g/mol. The van der Waals surface area contributed by atoms with E-state index in [1.165, 1.54) is 0 Å². The van der Waals surface area contributed by atoms with E-state index in [2.05, 4.69) is 22.3 Å². The lowest BCUT2D eigenvalue weighted by molar-refractivity contribution is 0.236. The largest absolute Gasteiger partial charge is 0.496 e. The van der Waals surface area contributed by atoms with Crippen LogP contribution < -0.4 is 10.1 Å². The van der Waals surface area contributed by atoms with Crippen LogP contribution in [-0.4, -0.2) is 38.2 Å². The first-order chi connectivity index (χ1) is 11.7. The molecule has 0 amide bonds. The summed E-state index contributed by atoms with van der Waals surface area (Å²) >= 11 is 12.9. The minimum absolute atomic E-state index is 0.0206. The van der Waals surface area contributed by atoms with Crippen LogP contribution in [0.15, 0.2) is 42.5 Å². The van der Waals surface area contributed by atoms with Gasteiger partial charge in [-0.05, 0) is 30.7 Å². The average Bonchev–Trinajstić information content (AvgIpc) is 2.89. The molecule has 0 aromatic heterocycles. The topological polar surface area (TPSA) is 24.5 Å². The Kier molecular flexibility index (Phi) is 6.01. The van der Waals surface area contributed by atoms with Crippen LogP contribution in [0, 0.1) is 0 Å². The van der Waals surface area contributed by atoms with E-state index < -0.39 is 0 Å². The van der Waals surface area contributed by atoms with Crippen molar-refractivity contribution < 1.29 is 4.74 Å². The third kappa shape index (κ3) is 3.70. The van der Waals surface area contributed by atoms with Gasteiger partial charge in [-0.3, -0.25) is 4.90 Å². The minimum Gasteiger partial charge on any atom is -0.496 e. The predicted octanol–water partition coefficient (Wildman–Crippen LogP) is 4.39. The molecule has 2 aromatic carbocycles. The maximum absolute atomic E-state index is 6.58. The van der Waals surface area contributed by atoms with Crippen molar-refractivity contribution >= 4 is 23.2 Å². The summed E-state index contributed by atoms with van der Waals surface area (Å²) in [4.78, 5) is 2.45. The van der Waals surface area contributed by atoms with Crippen molar-refractivity contribution in [1.29, 1.82) is 0 Å². The van der Waals surface area contributed by atoms with E-state index in [0.717, 1.165) is 49.5 Å². The van der Waals surface area contributed by atoms with E-state index in [0.29, 0.717) is 10.0 Å². The Morgan fingerprint density at radius 2 is 1.79 bits per heavy atom. The van der Waals surface area contributed by atoms with Gasteiger partial charge in [-0.15, -0.1) is 0 Å². The van der Waals surface area contributed by atoms with E-state index in [9.17, 15) is 0 Å². The Morgan fingerprint density at radius 1 is 1.00 bits per heavy atom. The standard InChI is InChI=1S/C19H22Cl2N2O/c1-24-17-9-3-2-6-14(17)19(23-12-5-10-22-11-13-23)15-7-4-8-16(20)18(15)21/h2-4,6-9,19,22H,5,10-13H2,1H3. The molecule has 2 aromatic rings. The molecule has 5 heteroatoms. The van der Waals surface area contributed by atoms with Crippen LogP contribution in [-0.2, 0) is 0 Å². The molecule has 0 bridgehead atoms. The SMILES string of the molecule is COc1ccccc1C(c1cccc(Cl)c1Cl)N1CCCNCC1. The molecule has 1 fully saturated rings. The smallest absolute Gasteiger partial charge is 0.123 e. The highest BCUT2D eigenvalue weighted by atomic mass is 35.5. The van der Waals surface area contributed by atoms with Gasteiger partial charge in [0.15, 0.2) is 0 Å². The lowest BCUT2D eigenvalue weighted by atomic mass is 9.95. The van der Waals surface area contributed by atoms with Gasteiger partial charge in [0.05, 0.1) is 23.2 Å². The van der Waals surface area contributed by atoms with Gasteiger partial charge in [0.25, 0.3) is 0 Å². The predicted molar refractivity (Wildman–Crippen MR) is 100 cm³/mol. The number of hydrogen-bond donors (Lipinski definition) is 1. The molecule has 3 nitrogen and oxygen atoms in total. The Bertz CT molecular complexity index is 685. The molecule has 128 valence electrons. The summed E-state index contributed by atoms with van der Waals surface area (Å²) in [5, 5.41) is 4.66. The van der Waals surface area contributed by atoms with Crippen LogP contribution in [0.25, 0.3) is 0 Å². The van der Waals surface area contributed by atoms with Gasteiger partial charge >= 0.3 is 0 Å². The maximum atomic E-state index is 6.58. The Labute approximate surface area is 153 Å². The van der Waals surface area contributed by atoms with Gasteiger partial charge in [0, 0.05) is 25.2 Å². The van der Waals surface area contributed by atoms with Crippen molar-refractivity contribution in [3.63, 3.8) is 0 Å². The molecular formula is C19H22Cl2N2O. The van der Waals surface area contributed by atoms with Crippen molar-refractivity contribution in [2.75, 3.05) is 33.3 Å². The summed E-state index contributed by atoms with van der Waals surface area (Å²) in [5.74, 6) is 0.871. The molecule has 0 spiro atoms. The van der Waals surface area contributed by atoms with E-state index in [1.807, 2.05) is 30.3 Å². The molecule has 1 unspecified atom stereocenters. The van der Waals surface area contributed by atoms with Gasteiger partial charge < -0.3 is 10.1 Å². The number of methoxy groups -OCH3 is 1. The number of benzene rings is 2. The quantitative estimate of drug-likeness (QED) is 0.870. The van der Waals surface area contributed by atoms with E-state index >= 15 is 0 Å². The highest BCUT2D eigenvalue weighted by Gasteiger charge is 2.28. The van der Waals surface area contributed by atoms with Crippen LogP contribution in [0.4, 0.5) is 0 Å². The minimum atomic E-state index is 0.0206. The lowest BCUT2D eigenvalue weighted by Crippen LogP contribution is -2.33. The first kappa shape index (κ1) is 17.6. The number of hydrogen-bond acceptors (Lipinski definition) is 3. The second-order valence-electron chi connectivity index (χ2n) is 5.93. The fourth-order valence-corrected chi connectivity index (χ4v) is 3.72. The number of ether oxygens (including phenoxy) is 1. The van der Waals surface area contributed by atoms with Crippen LogP contribution in [0.5, 0.6) is 5.75 Å². The number of rotatable bonds is 4. The molecule has 1 atom stereocenters. The molecule has 1 saturated heterocycles. The lowest BCUT2D eigenvalue weighted by Gasteiger charge is -2.32. The number of halogens is 2. The Morgan fingerprint density at radius 3 is 2.62 bits per heavy atom. The summed E-state index contributed by atoms with van der Waals surface area (Å²) in [5.41, 5.74) is 2.14. The number of nitrogens with one attached hydrogen (secondary N) is 1. The van der Waals surface area contributed by atoms with Crippen LogP contribution in [0.3, 0.4) is 0 Å². The van der Waals surface area contributed by atoms with Gasteiger partial charge in [-0.25, -0.2) is 0 Å². The van der Waals surface area contributed by atoms with Crippen molar-refractivity contribution in [2.24, 2.45) is 0 Å². The zero-order chi connectivity index (χ0) is 16.9. The fraction of sp³-hybridized carbons (Fsp3) is 0.368. The maximum Gasteiger partial charge on any atom is 0.123 e. The monoisotopic (exact) mass is 364 g/mol. The molecule has 0 aliphatic carbocycles. The molecule has 1 N–H and O–H groups in total. The molecule has 3 rings (SSSR count). The van der Waals surface area contributed by atoms with Crippen molar-refractivity contribution in [1.82, 2.24) is 10.2 Å². The molecular weight excluding hydrogens is 343 g/mol. The molecule has 0 radical (unpaired) electrons. The first-order valence-corrected chi connectivity index (χ1v) is 8.99.